The summed E-state index contributed by atoms with van der Waals surface area (Å²) in [7, 11) is 0. The standard InChI is InChI=1S/C13H20BrClN2O/c1-3-17-11(12(15)10(2)16-17)7-13(8-14)5-4-6-18-9-13/h3-9H2,1-2H3. The Balaban J connectivity index is 2.26. The quantitative estimate of drug-likeness (QED) is 0.786. The summed E-state index contributed by atoms with van der Waals surface area (Å²) in [4.78, 5) is 0. The largest absolute Gasteiger partial charge is 0.381 e. The van der Waals surface area contributed by atoms with Crippen LogP contribution < -0.4 is 0 Å². The molecule has 1 saturated heterocycles. The highest BCUT2D eigenvalue weighted by molar-refractivity contribution is 9.09. The van der Waals surface area contributed by atoms with Crippen molar-refractivity contribution in [3.63, 3.8) is 0 Å². The monoisotopic (exact) mass is 334 g/mol. The van der Waals surface area contributed by atoms with E-state index in [1.165, 1.54) is 6.42 Å². The van der Waals surface area contributed by atoms with Crippen LogP contribution in [-0.2, 0) is 17.7 Å². The van der Waals surface area contributed by atoms with Gasteiger partial charge in [0.05, 0.1) is 23.0 Å². The number of rotatable bonds is 4. The fourth-order valence-electron chi connectivity index (χ4n) is 2.60. The summed E-state index contributed by atoms with van der Waals surface area (Å²) >= 11 is 10.0. The third kappa shape index (κ3) is 2.75. The molecular formula is C13H20BrClN2O. The molecule has 2 heterocycles. The third-order valence-electron chi connectivity index (χ3n) is 3.68. The van der Waals surface area contributed by atoms with Gasteiger partial charge >= 0.3 is 0 Å². The summed E-state index contributed by atoms with van der Waals surface area (Å²) in [5, 5.41) is 6.26. The molecule has 5 heteroatoms. The average Bonchev–Trinajstić information content (AvgIpc) is 2.67. The first-order valence-electron chi connectivity index (χ1n) is 6.47. The minimum Gasteiger partial charge on any atom is -0.381 e. The molecule has 3 nitrogen and oxygen atoms in total. The predicted molar refractivity (Wildman–Crippen MR) is 77.6 cm³/mol. The van der Waals surface area contributed by atoms with Crippen LogP contribution in [0, 0.1) is 12.3 Å². The number of alkyl halides is 1. The van der Waals surface area contributed by atoms with E-state index in [9.17, 15) is 0 Å². The normalized spacial score (nSPS) is 24.4. The van der Waals surface area contributed by atoms with Crippen molar-refractivity contribution in [2.45, 2.75) is 39.7 Å². The molecule has 1 aliphatic rings. The molecule has 0 aromatic carbocycles. The van der Waals surface area contributed by atoms with Gasteiger partial charge < -0.3 is 4.74 Å². The van der Waals surface area contributed by atoms with E-state index < -0.39 is 0 Å². The average molecular weight is 336 g/mol. The van der Waals surface area contributed by atoms with Crippen LogP contribution in [0.2, 0.25) is 5.02 Å². The van der Waals surface area contributed by atoms with Crippen LogP contribution in [0.3, 0.4) is 0 Å². The van der Waals surface area contributed by atoms with Gasteiger partial charge in [-0.05, 0) is 33.1 Å². The molecule has 0 aliphatic carbocycles. The molecule has 0 N–H and O–H groups in total. The van der Waals surface area contributed by atoms with Crippen LogP contribution in [0.1, 0.15) is 31.2 Å². The summed E-state index contributed by atoms with van der Waals surface area (Å²) in [6.07, 6.45) is 3.25. The van der Waals surface area contributed by atoms with E-state index in [1.54, 1.807) is 0 Å². The number of halogens is 2. The van der Waals surface area contributed by atoms with Gasteiger partial charge in [0.2, 0.25) is 0 Å². The second kappa shape index (κ2) is 5.93. The molecule has 2 rings (SSSR count). The fourth-order valence-corrected chi connectivity index (χ4v) is 3.44. The van der Waals surface area contributed by atoms with Crippen molar-refractivity contribution in [2.24, 2.45) is 5.41 Å². The summed E-state index contributed by atoms with van der Waals surface area (Å²) in [6.45, 7) is 6.62. The predicted octanol–water partition coefficient (Wildman–Crippen LogP) is 3.60. The Morgan fingerprint density at radius 1 is 1.56 bits per heavy atom. The molecule has 1 aromatic rings. The minimum atomic E-state index is 0.168. The van der Waals surface area contributed by atoms with Crippen LogP contribution in [-0.4, -0.2) is 28.3 Å². The fraction of sp³-hybridized carbons (Fsp3) is 0.769. The Morgan fingerprint density at radius 2 is 2.33 bits per heavy atom. The van der Waals surface area contributed by atoms with Crippen molar-refractivity contribution in [1.29, 1.82) is 0 Å². The smallest absolute Gasteiger partial charge is 0.0847 e. The highest BCUT2D eigenvalue weighted by Gasteiger charge is 2.34. The van der Waals surface area contributed by atoms with Gasteiger partial charge in [0.25, 0.3) is 0 Å². The van der Waals surface area contributed by atoms with E-state index in [-0.39, 0.29) is 5.41 Å². The van der Waals surface area contributed by atoms with E-state index in [2.05, 4.69) is 28.0 Å². The summed E-state index contributed by atoms with van der Waals surface area (Å²) < 4.78 is 7.69. The molecule has 1 aromatic heterocycles. The number of nitrogens with zero attached hydrogens (tertiary/aromatic N) is 2. The number of aryl methyl sites for hydroxylation is 2. The van der Waals surface area contributed by atoms with Gasteiger partial charge in [0, 0.05) is 23.9 Å². The number of hydrogen-bond donors (Lipinski definition) is 0. The zero-order valence-electron chi connectivity index (χ0n) is 11.0. The summed E-state index contributed by atoms with van der Waals surface area (Å²) in [5.74, 6) is 0. The lowest BCUT2D eigenvalue weighted by atomic mass is 9.80. The van der Waals surface area contributed by atoms with E-state index in [0.717, 1.165) is 54.3 Å². The summed E-state index contributed by atoms with van der Waals surface area (Å²) in [5.41, 5.74) is 2.25. The van der Waals surface area contributed by atoms with Crippen molar-refractivity contribution >= 4 is 27.5 Å². The first-order chi connectivity index (χ1) is 8.62. The molecule has 0 saturated carbocycles. The first-order valence-corrected chi connectivity index (χ1v) is 7.97. The van der Waals surface area contributed by atoms with Gasteiger partial charge in [-0.15, -0.1) is 0 Å². The van der Waals surface area contributed by atoms with Gasteiger partial charge in [-0.3, -0.25) is 4.68 Å². The third-order valence-corrected chi connectivity index (χ3v) is 5.36. The molecule has 1 atom stereocenters. The van der Waals surface area contributed by atoms with Crippen molar-refractivity contribution in [2.75, 3.05) is 18.5 Å². The molecule has 18 heavy (non-hydrogen) atoms. The maximum absolute atomic E-state index is 6.39. The first kappa shape index (κ1) is 14.4. The van der Waals surface area contributed by atoms with Crippen LogP contribution in [0.4, 0.5) is 0 Å². The van der Waals surface area contributed by atoms with E-state index in [0.29, 0.717) is 0 Å². The SMILES string of the molecule is CCn1nc(C)c(Cl)c1CC1(CBr)CCCOC1. The van der Waals surface area contributed by atoms with Gasteiger partial charge in [-0.2, -0.15) is 5.10 Å². The molecule has 0 radical (unpaired) electrons. The zero-order valence-corrected chi connectivity index (χ0v) is 13.4. The molecule has 102 valence electrons. The van der Waals surface area contributed by atoms with Crippen molar-refractivity contribution < 1.29 is 4.74 Å². The lowest BCUT2D eigenvalue weighted by Gasteiger charge is -2.35. The maximum Gasteiger partial charge on any atom is 0.0847 e. The van der Waals surface area contributed by atoms with Crippen LogP contribution in [0.5, 0.6) is 0 Å². The molecule has 0 bridgehead atoms. The lowest BCUT2D eigenvalue weighted by molar-refractivity contribution is 0.00520. The van der Waals surface area contributed by atoms with Gasteiger partial charge in [0.15, 0.2) is 0 Å². The summed E-state index contributed by atoms with van der Waals surface area (Å²) in [6, 6.07) is 0. The Hall–Kier alpha value is -0.0600. The van der Waals surface area contributed by atoms with Gasteiger partial charge in [0.1, 0.15) is 0 Å². The van der Waals surface area contributed by atoms with E-state index in [1.807, 2.05) is 11.6 Å². The molecule has 0 spiro atoms. The maximum atomic E-state index is 6.39. The highest BCUT2D eigenvalue weighted by Crippen LogP contribution is 2.36. The number of aromatic nitrogens is 2. The van der Waals surface area contributed by atoms with E-state index in [4.69, 9.17) is 16.3 Å². The topological polar surface area (TPSA) is 27.1 Å². The molecular weight excluding hydrogens is 316 g/mol. The number of hydrogen-bond acceptors (Lipinski definition) is 2. The molecule has 1 unspecified atom stereocenters. The molecule has 1 fully saturated rings. The molecule has 0 amide bonds. The minimum absolute atomic E-state index is 0.168. The second-order valence-corrected chi connectivity index (χ2v) is 6.07. The Bertz CT molecular complexity index is 413. The van der Waals surface area contributed by atoms with Crippen LogP contribution >= 0.6 is 27.5 Å². The Kier molecular flexibility index (Phi) is 4.73. The highest BCUT2D eigenvalue weighted by atomic mass is 79.9. The second-order valence-electron chi connectivity index (χ2n) is 5.13. The van der Waals surface area contributed by atoms with E-state index >= 15 is 0 Å². The lowest BCUT2D eigenvalue weighted by Crippen LogP contribution is -2.36. The van der Waals surface area contributed by atoms with Crippen LogP contribution in [0.25, 0.3) is 0 Å². The Labute approximate surface area is 122 Å². The van der Waals surface area contributed by atoms with Crippen molar-refractivity contribution in [1.82, 2.24) is 9.78 Å². The van der Waals surface area contributed by atoms with Crippen LogP contribution in [0.15, 0.2) is 0 Å². The molecule has 1 aliphatic heterocycles. The Morgan fingerprint density at radius 3 is 2.89 bits per heavy atom. The number of ether oxygens (including phenoxy) is 1. The van der Waals surface area contributed by atoms with Gasteiger partial charge in [-0.1, -0.05) is 27.5 Å². The van der Waals surface area contributed by atoms with Crippen molar-refractivity contribution in [3.05, 3.63) is 16.4 Å². The van der Waals surface area contributed by atoms with Gasteiger partial charge in [-0.25, -0.2) is 0 Å². The van der Waals surface area contributed by atoms with Crippen molar-refractivity contribution in [3.8, 4) is 0 Å². The zero-order chi connectivity index (χ0) is 13.2.